The van der Waals surface area contributed by atoms with Gasteiger partial charge in [0.1, 0.15) is 0 Å². The average Bonchev–Trinajstić information content (AvgIpc) is 2.63. The molecule has 1 amide bonds. The van der Waals surface area contributed by atoms with E-state index < -0.39 is 0 Å². The van der Waals surface area contributed by atoms with Gasteiger partial charge in [0.25, 0.3) is 0 Å². The van der Waals surface area contributed by atoms with Crippen LogP contribution in [0.3, 0.4) is 0 Å². The summed E-state index contributed by atoms with van der Waals surface area (Å²) in [7, 11) is 0. The number of hydrogen-bond acceptors (Lipinski definition) is 4. The van der Waals surface area contributed by atoms with Crippen molar-refractivity contribution in [3.8, 4) is 0 Å². The standard InChI is InChI=1S/C18H24IN3O3/c1-2-24-18(23)22-10-8-15(9-11-22)16(17(19)20)12-21-25-13-14-6-4-3-5-7-14/h3-7,12,15,20-21H,2,8-11,13H2,1H3/p+1/b16-12-,20-17?. The highest BCUT2D eigenvalue weighted by atomic mass is 127. The molecule has 3 N–H and O–H groups in total. The zero-order valence-corrected chi connectivity index (χ0v) is 16.6. The zero-order chi connectivity index (χ0) is 18.1. The van der Waals surface area contributed by atoms with Crippen molar-refractivity contribution < 1.29 is 19.8 Å². The zero-order valence-electron chi connectivity index (χ0n) is 14.4. The normalized spacial score (nSPS) is 15.8. The van der Waals surface area contributed by atoms with Crippen LogP contribution in [-0.2, 0) is 16.2 Å². The molecule has 0 radical (unpaired) electrons. The number of nitrogens with one attached hydrogen (secondary N) is 1. The van der Waals surface area contributed by atoms with Gasteiger partial charge in [-0.05, 0) is 31.2 Å². The third-order valence-corrected chi connectivity index (χ3v) is 4.74. The van der Waals surface area contributed by atoms with Crippen LogP contribution in [-0.4, -0.2) is 34.4 Å². The molecule has 1 fully saturated rings. The first-order valence-corrected chi connectivity index (χ1v) is 9.51. The molecule has 0 atom stereocenters. The van der Waals surface area contributed by atoms with Crippen molar-refractivity contribution >= 4 is 32.4 Å². The Morgan fingerprint density at radius 2 is 2.04 bits per heavy atom. The van der Waals surface area contributed by atoms with Crippen LogP contribution in [0.15, 0.2) is 42.1 Å². The van der Waals surface area contributed by atoms with E-state index in [4.69, 9.17) is 15.0 Å². The number of halogens is 1. The minimum absolute atomic E-state index is 0.234. The second-order valence-electron chi connectivity index (χ2n) is 5.80. The summed E-state index contributed by atoms with van der Waals surface area (Å²) in [4.78, 5) is 19.0. The fourth-order valence-corrected chi connectivity index (χ4v) is 3.37. The predicted molar refractivity (Wildman–Crippen MR) is 105 cm³/mol. The molecule has 25 heavy (non-hydrogen) atoms. The van der Waals surface area contributed by atoms with E-state index in [-0.39, 0.29) is 6.09 Å². The molecule has 1 heterocycles. The molecule has 0 bridgehead atoms. The van der Waals surface area contributed by atoms with Gasteiger partial charge >= 0.3 is 6.09 Å². The lowest BCUT2D eigenvalue weighted by Crippen LogP contribution is -2.43. The number of amides is 1. The molecule has 1 aromatic rings. The SMILES string of the molecule is CCOC(=O)N1CCC(/C(=C/NOCc2ccccc2)C(=[NH2+])I)CC1. The Kier molecular flexibility index (Phi) is 8.20. The van der Waals surface area contributed by atoms with Crippen molar-refractivity contribution in [3.05, 3.63) is 47.7 Å². The van der Waals surface area contributed by atoms with Crippen molar-refractivity contribution in [2.45, 2.75) is 26.4 Å². The molecular weight excluding hydrogens is 433 g/mol. The van der Waals surface area contributed by atoms with Gasteiger partial charge in [0.15, 0.2) is 0 Å². The lowest BCUT2D eigenvalue weighted by atomic mass is 9.90. The van der Waals surface area contributed by atoms with Gasteiger partial charge in [0.2, 0.25) is 3.72 Å². The van der Waals surface area contributed by atoms with E-state index in [0.717, 1.165) is 27.7 Å². The van der Waals surface area contributed by atoms with E-state index in [1.807, 2.05) is 43.5 Å². The highest BCUT2D eigenvalue weighted by Gasteiger charge is 2.28. The van der Waals surface area contributed by atoms with Crippen molar-refractivity contribution in [2.75, 3.05) is 19.7 Å². The van der Waals surface area contributed by atoms with Gasteiger partial charge in [-0.2, -0.15) is 0 Å². The van der Waals surface area contributed by atoms with Crippen molar-refractivity contribution in [3.63, 3.8) is 0 Å². The Labute approximate surface area is 162 Å². The van der Waals surface area contributed by atoms with Crippen molar-refractivity contribution in [1.29, 1.82) is 0 Å². The smallest absolute Gasteiger partial charge is 0.409 e. The van der Waals surface area contributed by atoms with E-state index in [1.54, 1.807) is 4.90 Å². The third kappa shape index (κ3) is 6.32. The molecule has 7 heteroatoms. The number of hydroxylamine groups is 1. The molecule has 0 aromatic heterocycles. The number of nitrogens with two attached hydrogens (primary N) is 1. The van der Waals surface area contributed by atoms with E-state index in [1.165, 1.54) is 0 Å². The maximum Gasteiger partial charge on any atom is 0.409 e. The maximum absolute atomic E-state index is 11.8. The Morgan fingerprint density at radius 3 is 2.64 bits per heavy atom. The van der Waals surface area contributed by atoms with Crippen molar-refractivity contribution in [2.24, 2.45) is 5.92 Å². The van der Waals surface area contributed by atoms with Crippen LogP contribution >= 0.6 is 22.6 Å². The first-order valence-electron chi connectivity index (χ1n) is 8.43. The Bertz CT molecular complexity index is 599. The van der Waals surface area contributed by atoms with Crippen LogP contribution < -0.4 is 10.9 Å². The number of carbonyl (C=O) groups excluding carboxylic acids is 1. The number of allylic oxidation sites excluding steroid dienone is 1. The van der Waals surface area contributed by atoms with Gasteiger partial charge in [-0.25, -0.2) is 10.2 Å². The second-order valence-corrected chi connectivity index (χ2v) is 6.96. The van der Waals surface area contributed by atoms with Gasteiger partial charge in [0.05, 0.1) is 18.8 Å². The fraction of sp³-hybridized carbons (Fsp3) is 0.444. The van der Waals surface area contributed by atoms with Crippen LogP contribution in [0.1, 0.15) is 25.3 Å². The molecular formula is C18H25IN3O3+. The van der Waals surface area contributed by atoms with E-state index in [0.29, 0.717) is 32.2 Å². The van der Waals surface area contributed by atoms with E-state index >= 15 is 0 Å². The van der Waals surface area contributed by atoms with Crippen LogP contribution in [0, 0.1) is 5.92 Å². The monoisotopic (exact) mass is 458 g/mol. The van der Waals surface area contributed by atoms with Crippen LogP contribution in [0.2, 0.25) is 0 Å². The molecule has 1 aliphatic heterocycles. The molecule has 1 aliphatic rings. The Balaban J connectivity index is 1.84. The first-order chi connectivity index (χ1) is 12.1. The largest absolute Gasteiger partial charge is 0.450 e. The summed E-state index contributed by atoms with van der Waals surface area (Å²) in [6.45, 7) is 4.05. The summed E-state index contributed by atoms with van der Waals surface area (Å²) < 4.78 is 5.79. The summed E-state index contributed by atoms with van der Waals surface area (Å²) in [5.74, 6) is 0.301. The number of nitrogens with zero attached hydrogens (tertiary/aromatic N) is 1. The maximum atomic E-state index is 11.8. The number of rotatable bonds is 7. The third-order valence-electron chi connectivity index (χ3n) is 4.12. The topological polar surface area (TPSA) is 76.4 Å². The first kappa shape index (κ1) is 19.7. The lowest BCUT2D eigenvalue weighted by molar-refractivity contribution is -0.107. The van der Waals surface area contributed by atoms with Gasteiger partial charge in [-0.15, -0.1) is 0 Å². The summed E-state index contributed by atoms with van der Waals surface area (Å²) in [5.41, 5.74) is 5.02. The van der Waals surface area contributed by atoms with Crippen LogP contribution in [0.25, 0.3) is 0 Å². The molecule has 0 unspecified atom stereocenters. The highest BCUT2D eigenvalue weighted by Crippen LogP contribution is 2.26. The summed E-state index contributed by atoms with van der Waals surface area (Å²) in [6, 6.07) is 9.96. The van der Waals surface area contributed by atoms with Gasteiger partial charge in [0, 0.05) is 41.9 Å². The fourth-order valence-electron chi connectivity index (χ4n) is 2.77. The molecule has 0 spiro atoms. The summed E-state index contributed by atoms with van der Waals surface area (Å²) in [5, 5.41) is 6.04. The summed E-state index contributed by atoms with van der Waals surface area (Å²) in [6.07, 6.45) is 3.31. The van der Waals surface area contributed by atoms with Crippen LogP contribution in [0.5, 0.6) is 0 Å². The lowest BCUT2D eigenvalue weighted by Gasteiger charge is -2.31. The molecule has 136 valence electrons. The Hall–Kier alpha value is -1.61. The molecule has 6 nitrogen and oxygen atoms in total. The molecule has 0 aliphatic carbocycles. The molecule has 1 aromatic carbocycles. The van der Waals surface area contributed by atoms with Gasteiger partial charge < -0.3 is 9.64 Å². The Morgan fingerprint density at radius 1 is 1.36 bits per heavy atom. The minimum Gasteiger partial charge on any atom is -0.450 e. The number of ether oxygens (including phenoxy) is 1. The highest BCUT2D eigenvalue weighted by molar-refractivity contribution is 14.1. The van der Waals surface area contributed by atoms with E-state index in [2.05, 4.69) is 28.1 Å². The predicted octanol–water partition coefficient (Wildman–Crippen LogP) is 2.05. The van der Waals surface area contributed by atoms with Gasteiger partial charge in [-0.1, -0.05) is 30.3 Å². The van der Waals surface area contributed by atoms with Gasteiger partial charge in [-0.3, -0.25) is 10.3 Å². The average molecular weight is 458 g/mol. The number of benzene rings is 1. The quantitative estimate of drug-likeness (QED) is 0.284. The minimum atomic E-state index is -0.234. The van der Waals surface area contributed by atoms with E-state index in [9.17, 15) is 4.79 Å². The number of piperidine rings is 1. The van der Waals surface area contributed by atoms with Crippen molar-refractivity contribution in [1.82, 2.24) is 10.4 Å². The molecule has 2 rings (SSSR count). The number of hydrogen-bond donors (Lipinski definition) is 2. The van der Waals surface area contributed by atoms with Crippen LogP contribution in [0.4, 0.5) is 4.79 Å². The second kappa shape index (κ2) is 10.4. The number of likely N-dealkylation sites (tertiary alicyclic amines) is 1. The molecule has 0 saturated carbocycles. The number of carbonyl (C=O) groups is 1. The molecule has 1 saturated heterocycles. The summed E-state index contributed by atoms with van der Waals surface area (Å²) >= 11 is 2.13.